The van der Waals surface area contributed by atoms with Gasteiger partial charge in [-0.1, -0.05) is 5.16 Å². The van der Waals surface area contributed by atoms with Gasteiger partial charge in [0.2, 0.25) is 23.5 Å². The molecule has 0 saturated carbocycles. The fraction of sp³-hybridized carbons (Fsp3) is 0.471. The van der Waals surface area contributed by atoms with Gasteiger partial charge in [0.05, 0.1) is 0 Å². The van der Waals surface area contributed by atoms with Crippen LogP contribution in [0, 0.1) is 6.92 Å². The van der Waals surface area contributed by atoms with Crippen molar-refractivity contribution in [2.24, 2.45) is 0 Å². The van der Waals surface area contributed by atoms with Gasteiger partial charge < -0.3 is 19.6 Å². The van der Waals surface area contributed by atoms with Crippen molar-refractivity contribution in [3.8, 4) is 11.4 Å². The van der Waals surface area contributed by atoms with E-state index in [4.69, 9.17) is 4.52 Å². The number of pyridine rings is 1. The number of amides is 2. The molecule has 2 aromatic heterocycles. The van der Waals surface area contributed by atoms with Gasteiger partial charge in [0.25, 0.3) is 0 Å². The number of nitrogens with zero attached hydrogens (tertiary/aromatic N) is 5. The monoisotopic (exact) mass is 356 g/mol. The van der Waals surface area contributed by atoms with Crippen LogP contribution in [0.15, 0.2) is 22.9 Å². The zero-order chi connectivity index (χ0) is 18.1. The highest BCUT2D eigenvalue weighted by Crippen LogP contribution is 2.20. The van der Waals surface area contributed by atoms with E-state index in [9.17, 15) is 9.59 Å². The van der Waals surface area contributed by atoms with Crippen molar-refractivity contribution in [2.75, 3.05) is 31.1 Å². The van der Waals surface area contributed by atoms with Gasteiger partial charge in [0.1, 0.15) is 11.9 Å². The zero-order valence-electron chi connectivity index (χ0n) is 14.5. The van der Waals surface area contributed by atoms with Crippen molar-refractivity contribution in [3.63, 3.8) is 0 Å². The molecule has 0 bridgehead atoms. The average Bonchev–Trinajstić information content (AvgIpc) is 3.30. The molecule has 1 N–H and O–H groups in total. The number of piperazine rings is 1. The van der Waals surface area contributed by atoms with Crippen LogP contribution in [0.3, 0.4) is 0 Å². The second-order valence-electron chi connectivity index (χ2n) is 6.51. The van der Waals surface area contributed by atoms with E-state index in [0.717, 1.165) is 11.4 Å². The van der Waals surface area contributed by atoms with Gasteiger partial charge in [-0.3, -0.25) is 9.59 Å². The van der Waals surface area contributed by atoms with Crippen molar-refractivity contribution in [3.05, 3.63) is 24.2 Å². The van der Waals surface area contributed by atoms with Crippen molar-refractivity contribution < 1.29 is 14.1 Å². The molecule has 2 aliphatic heterocycles. The summed E-state index contributed by atoms with van der Waals surface area (Å²) >= 11 is 0. The van der Waals surface area contributed by atoms with Gasteiger partial charge >= 0.3 is 0 Å². The molecule has 9 nitrogen and oxygen atoms in total. The van der Waals surface area contributed by atoms with E-state index < -0.39 is 0 Å². The molecule has 2 amide bonds. The number of rotatable bonds is 3. The predicted molar refractivity (Wildman–Crippen MR) is 92.2 cm³/mol. The largest absolute Gasteiger partial charge is 0.353 e. The normalized spacial score (nSPS) is 20.3. The fourth-order valence-corrected chi connectivity index (χ4v) is 3.30. The molecule has 2 aromatic rings. The second-order valence-corrected chi connectivity index (χ2v) is 6.51. The van der Waals surface area contributed by atoms with Gasteiger partial charge in [0, 0.05) is 51.3 Å². The lowest BCUT2D eigenvalue weighted by molar-refractivity contribution is -0.134. The van der Waals surface area contributed by atoms with Gasteiger partial charge in [0.15, 0.2) is 0 Å². The van der Waals surface area contributed by atoms with E-state index >= 15 is 0 Å². The van der Waals surface area contributed by atoms with Crippen LogP contribution in [-0.4, -0.2) is 64.1 Å². The summed E-state index contributed by atoms with van der Waals surface area (Å²) in [7, 11) is 0. The molecule has 4 rings (SSSR count). The molecule has 0 radical (unpaired) electrons. The lowest BCUT2D eigenvalue weighted by Gasteiger charge is -2.36. The van der Waals surface area contributed by atoms with Gasteiger partial charge in [-0.15, -0.1) is 0 Å². The summed E-state index contributed by atoms with van der Waals surface area (Å²) in [5.74, 6) is 1.88. The predicted octanol–water partition coefficient (Wildman–Crippen LogP) is 0.367. The number of hydrogen-bond donors (Lipinski definition) is 1. The molecule has 9 heteroatoms. The molecule has 1 unspecified atom stereocenters. The Hall–Kier alpha value is -2.97. The van der Waals surface area contributed by atoms with Crippen LogP contribution < -0.4 is 10.2 Å². The number of nitrogens with one attached hydrogen (secondary N) is 1. The van der Waals surface area contributed by atoms with Crippen LogP contribution in [0.1, 0.15) is 18.7 Å². The SMILES string of the molecule is Cc1nc(-c2ccc(N3CCN(C(=O)C4CCC(=O)N4)CC3)nc2)no1. The van der Waals surface area contributed by atoms with E-state index in [0.29, 0.717) is 50.7 Å². The maximum Gasteiger partial charge on any atom is 0.245 e. The first kappa shape index (κ1) is 16.5. The van der Waals surface area contributed by atoms with Gasteiger partial charge in [-0.25, -0.2) is 4.98 Å². The minimum absolute atomic E-state index is 0.0197. The van der Waals surface area contributed by atoms with E-state index in [1.54, 1.807) is 13.1 Å². The van der Waals surface area contributed by atoms with Gasteiger partial charge in [-0.05, 0) is 18.6 Å². The molecule has 0 aromatic carbocycles. The molecular weight excluding hydrogens is 336 g/mol. The van der Waals surface area contributed by atoms with Gasteiger partial charge in [-0.2, -0.15) is 4.98 Å². The molecule has 26 heavy (non-hydrogen) atoms. The van der Waals surface area contributed by atoms with Crippen LogP contribution in [0.4, 0.5) is 5.82 Å². The lowest BCUT2D eigenvalue weighted by atomic mass is 10.2. The molecule has 0 aliphatic carbocycles. The van der Waals surface area contributed by atoms with Crippen molar-refractivity contribution in [1.82, 2.24) is 25.3 Å². The number of carbonyl (C=O) groups excluding carboxylic acids is 2. The molecule has 2 aliphatic rings. The van der Waals surface area contributed by atoms with Crippen LogP contribution >= 0.6 is 0 Å². The van der Waals surface area contributed by atoms with E-state index in [1.807, 2.05) is 17.0 Å². The molecule has 2 saturated heterocycles. The van der Waals surface area contributed by atoms with Crippen molar-refractivity contribution >= 4 is 17.6 Å². The standard InChI is InChI=1S/C17H20N6O3/c1-11-19-16(21-26-11)12-2-4-14(18-10-12)22-6-8-23(9-7-22)17(25)13-3-5-15(24)20-13/h2,4,10,13H,3,5-9H2,1H3,(H,20,24). The Morgan fingerprint density at radius 2 is 2.08 bits per heavy atom. The van der Waals surface area contributed by atoms with Crippen molar-refractivity contribution in [1.29, 1.82) is 0 Å². The van der Waals surface area contributed by atoms with Crippen LogP contribution in [0.5, 0.6) is 0 Å². The Morgan fingerprint density at radius 1 is 1.27 bits per heavy atom. The van der Waals surface area contributed by atoms with Crippen LogP contribution in [-0.2, 0) is 9.59 Å². The maximum absolute atomic E-state index is 12.4. The third-order valence-corrected chi connectivity index (χ3v) is 4.74. The maximum atomic E-state index is 12.4. The highest BCUT2D eigenvalue weighted by atomic mass is 16.5. The summed E-state index contributed by atoms with van der Waals surface area (Å²) in [6, 6.07) is 3.48. The smallest absolute Gasteiger partial charge is 0.245 e. The summed E-state index contributed by atoms with van der Waals surface area (Å²) in [5.41, 5.74) is 0.802. The molecule has 2 fully saturated rings. The molecule has 0 spiro atoms. The molecule has 4 heterocycles. The Kier molecular flexibility index (Phi) is 4.27. The third kappa shape index (κ3) is 3.24. The summed E-state index contributed by atoms with van der Waals surface area (Å²) < 4.78 is 4.99. The van der Waals surface area contributed by atoms with Crippen molar-refractivity contribution in [2.45, 2.75) is 25.8 Å². The minimum atomic E-state index is -0.357. The number of anilines is 1. The topological polar surface area (TPSA) is 104 Å². The number of aromatic nitrogens is 3. The highest BCUT2D eigenvalue weighted by molar-refractivity contribution is 5.90. The third-order valence-electron chi connectivity index (χ3n) is 4.74. The first-order valence-corrected chi connectivity index (χ1v) is 8.70. The summed E-state index contributed by atoms with van der Waals surface area (Å²) in [6.45, 7) is 4.41. The second kappa shape index (κ2) is 6.74. The van der Waals surface area contributed by atoms with Crippen LogP contribution in [0.25, 0.3) is 11.4 Å². The van der Waals surface area contributed by atoms with E-state index in [2.05, 4.69) is 25.3 Å². The van der Waals surface area contributed by atoms with Crippen LogP contribution in [0.2, 0.25) is 0 Å². The molecule has 1 atom stereocenters. The van der Waals surface area contributed by atoms with E-state index in [-0.39, 0.29) is 17.9 Å². The van der Waals surface area contributed by atoms with E-state index in [1.165, 1.54) is 0 Å². The Bertz CT molecular complexity index is 810. The first-order valence-electron chi connectivity index (χ1n) is 8.70. The summed E-state index contributed by atoms with van der Waals surface area (Å²) in [4.78, 5) is 36.4. The Balaban J connectivity index is 1.36. The zero-order valence-corrected chi connectivity index (χ0v) is 14.5. The number of hydrogen-bond acceptors (Lipinski definition) is 7. The molecule has 136 valence electrons. The Labute approximate surface area is 150 Å². The number of carbonyl (C=O) groups is 2. The average molecular weight is 356 g/mol. The summed E-state index contributed by atoms with van der Waals surface area (Å²) in [5, 5.41) is 6.63. The lowest BCUT2D eigenvalue weighted by Crippen LogP contribution is -2.53. The molecular formula is C17H20N6O3. The fourth-order valence-electron chi connectivity index (χ4n) is 3.30. The summed E-state index contributed by atoms with van der Waals surface area (Å²) in [6.07, 6.45) is 2.76. The first-order chi connectivity index (χ1) is 12.6. The number of aryl methyl sites for hydroxylation is 1. The Morgan fingerprint density at radius 3 is 2.65 bits per heavy atom. The quantitative estimate of drug-likeness (QED) is 0.847. The highest BCUT2D eigenvalue weighted by Gasteiger charge is 2.32. The minimum Gasteiger partial charge on any atom is -0.353 e.